The number of nitriles is 1. The van der Waals surface area contributed by atoms with Gasteiger partial charge in [0.1, 0.15) is 5.69 Å². The lowest BCUT2D eigenvalue weighted by Crippen LogP contribution is -2.13. The van der Waals surface area contributed by atoms with Crippen molar-refractivity contribution in [1.82, 2.24) is 4.98 Å². The maximum atomic E-state index is 12.5. The number of hydrogen-bond donors (Lipinski definition) is 0. The van der Waals surface area contributed by atoms with Gasteiger partial charge in [0.15, 0.2) is 0 Å². The normalized spacial score (nSPS) is 11.6. The molecule has 0 saturated carbocycles. The van der Waals surface area contributed by atoms with Crippen LogP contribution in [0.25, 0.3) is 0 Å². The van der Waals surface area contributed by atoms with Crippen LogP contribution in [0.5, 0.6) is 0 Å². The zero-order chi connectivity index (χ0) is 13.2. The fourth-order valence-electron chi connectivity index (χ4n) is 1.18. The fourth-order valence-corrected chi connectivity index (χ4v) is 1.79. The summed E-state index contributed by atoms with van der Waals surface area (Å²) in [6.45, 7) is 0. The third-order valence-corrected chi connectivity index (χ3v) is 2.83. The van der Waals surface area contributed by atoms with E-state index in [0.717, 1.165) is 0 Å². The van der Waals surface area contributed by atoms with Crippen molar-refractivity contribution in [1.29, 1.82) is 5.26 Å². The molecule has 1 rings (SSSR count). The van der Waals surface area contributed by atoms with Gasteiger partial charge in [0.25, 0.3) is 6.43 Å². The van der Waals surface area contributed by atoms with E-state index in [2.05, 4.69) is 20.9 Å². The minimum atomic E-state index is -4.78. The molecule has 0 fully saturated rings. The molecule has 1 aromatic heterocycles. The van der Waals surface area contributed by atoms with Crippen LogP contribution >= 0.6 is 15.9 Å². The van der Waals surface area contributed by atoms with E-state index >= 15 is 0 Å². The smallest absolute Gasteiger partial charge is 0.251 e. The highest BCUT2D eigenvalue weighted by molar-refractivity contribution is 9.10. The van der Waals surface area contributed by atoms with Gasteiger partial charge in [0.05, 0.1) is 18.1 Å². The zero-order valence-electron chi connectivity index (χ0n) is 8.02. The Balaban J connectivity index is 3.46. The van der Waals surface area contributed by atoms with Gasteiger partial charge in [-0.25, -0.2) is 8.78 Å². The number of hydrogen-bond acceptors (Lipinski definition) is 2. The lowest BCUT2D eigenvalue weighted by molar-refractivity contribution is -0.141. The minimum Gasteiger partial charge on any atom is -0.251 e. The second kappa shape index (κ2) is 4.96. The van der Waals surface area contributed by atoms with Crippen molar-refractivity contribution < 1.29 is 22.0 Å². The molecule has 0 radical (unpaired) electrons. The average molecular weight is 315 g/mol. The van der Waals surface area contributed by atoms with Gasteiger partial charge in [-0.2, -0.15) is 18.4 Å². The standard InChI is InChI=1S/C9H4BrF5N2/c10-6-4(1-2-16)7(9(13,14)15)17-3-5(6)8(11)12/h3,8H,1H2. The number of pyridine rings is 1. The van der Waals surface area contributed by atoms with Crippen LogP contribution in [0.3, 0.4) is 0 Å². The van der Waals surface area contributed by atoms with Crippen LogP contribution < -0.4 is 0 Å². The lowest BCUT2D eigenvalue weighted by atomic mass is 10.1. The summed E-state index contributed by atoms with van der Waals surface area (Å²) in [6.07, 6.45) is -7.94. The van der Waals surface area contributed by atoms with Gasteiger partial charge in [-0.1, -0.05) is 0 Å². The fraction of sp³-hybridized carbons (Fsp3) is 0.333. The zero-order valence-corrected chi connectivity index (χ0v) is 9.61. The summed E-state index contributed by atoms with van der Waals surface area (Å²) in [6, 6.07) is 1.49. The molecule has 0 aliphatic carbocycles. The molecule has 1 heterocycles. The maximum Gasteiger partial charge on any atom is 0.433 e. The maximum absolute atomic E-state index is 12.5. The van der Waals surface area contributed by atoms with Crippen molar-refractivity contribution in [2.75, 3.05) is 0 Å². The quantitative estimate of drug-likeness (QED) is 0.777. The van der Waals surface area contributed by atoms with E-state index in [0.29, 0.717) is 6.20 Å². The molecular weight excluding hydrogens is 311 g/mol. The molecule has 0 aliphatic heterocycles. The number of alkyl halides is 5. The van der Waals surface area contributed by atoms with Crippen LogP contribution in [0.4, 0.5) is 22.0 Å². The number of halogens is 6. The summed E-state index contributed by atoms with van der Waals surface area (Å²) in [7, 11) is 0. The second-order valence-corrected chi connectivity index (χ2v) is 3.78. The van der Waals surface area contributed by atoms with Crippen molar-refractivity contribution >= 4 is 15.9 Å². The highest BCUT2D eigenvalue weighted by atomic mass is 79.9. The molecule has 0 aliphatic rings. The van der Waals surface area contributed by atoms with E-state index in [-0.39, 0.29) is 0 Å². The number of aromatic nitrogens is 1. The number of nitrogens with zero attached hydrogens (tertiary/aromatic N) is 2. The van der Waals surface area contributed by atoms with E-state index in [1.165, 1.54) is 6.07 Å². The SMILES string of the molecule is N#CCc1c(C(F)(F)F)ncc(C(F)F)c1Br. The summed E-state index contributed by atoms with van der Waals surface area (Å²) in [5.41, 5.74) is -2.56. The van der Waals surface area contributed by atoms with Crippen LogP contribution in [0, 0.1) is 11.3 Å². The Morgan fingerprint density at radius 1 is 1.41 bits per heavy atom. The third kappa shape index (κ3) is 2.91. The third-order valence-electron chi connectivity index (χ3n) is 1.90. The summed E-state index contributed by atoms with van der Waals surface area (Å²) in [4.78, 5) is 2.96. The average Bonchev–Trinajstić information content (AvgIpc) is 2.18. The Kier molecular flexibility index (Phi) is 4.03. The first-order chi connectivity index (χ1) is 7.79. The Hall–Kier alpha value is -1.23. The summed E-state index contributed by atoms with van der Waals surface area (Å²) >= 11 is 2.66. The Morgan fingerprint density at radius 3 is 2.41 bits per heavy atom. The van der Waals surface area contributed by atoms with Crippen LogP contribution in [0.1, 0.15) is 23.2 Å². The summed E-state index contributed by atoms with van der Waals surface area (Å²) < 4.78 is 62.0. The van der Waals surface area contributed by atoms with Crippen molar-refractivity contribution in [3.8, 4) is 6.07 Å². The molecule has 8 heteroatoms. The van der Waals surface area contributed by atoms with Gasteiger partial charge in [-0.15, -0.1) is 0 Å². The monoisotopic (exact) mass is 314 g/mol. The van der Waals surface area contributed by atoms with Gasteiger partial charge in [0, 0.05) is 16.2 Å². The van der Waals surface area contributed by atoms with E-state index < -0.39 is 40.3 Å². The lowest BCUT2D eigenvalue weighted by Gasteiger charge is -2.13. The Labute approximate surface area is 101 Å². The van der Waals surface area contributed by atoms with Crippen LogP contribution in [0.2, 0.25) is 0 Å². The van der Waals surface area contributed by atoms with E-state index in [1.54, 1.807) is 0 Å². The van der Waals surface area contributed by atoms with Crippen molar-refractivity contribution in [3.05, 3.63) is 27.5 Å². The van der Waals surface area contributed by atoms with E-state index in [4.69, 9.17) is 5.26 Å². The molecule has 0 bridgehead atoms. The topological polar surface area (TPSA) is 36.7 Å². The van der Waals surface area contributed by atoms with Crippen molar-refractivity contribution in [2.45, 2.75) is 19.0 Å². The first kappa shape index (κ1) is 13.8. The van der Waals surface area contributed by atoms with Crippen LogP contribution in [-0.2, 0) is 12.6 Å². The first-order valence-electron chi connectivity index (χ1n) is 4.18. The molecule has 0 unspecified atom stereocenters. The number of rotatable bonds is 2. The van der Waals surface area contributed by atoms with Crippen molar-refractivity contribution in [3.63, 3.8) is 0 Å². The molecule has 0 aromatic carbocycles. The van der Waals surface area contributed by atoms with Gasteiger partial charge >= 0.3 is 6.18 Å². The summed E-state index contributed by atoms with van der Waals surface area (Å²) in [5.74, 6) is 0. The molecule has 92 valence electrons. The van der Waals surface area contributed by atoms with E-state index in [1.807, 2.05) is 0 Å². The molecule has 2 nitrogen and oxygen atoms in total. The highest BCUT2D eigenvalue weighted by Crippen LogP contribution is 2.37. The molecular formula is C9H4BrF5N2. The van der Waals surface area contributed by atoms with Crippen LogP contribution in [0.15, 0.2) is 10.7 Å². The summed E-state index contributed by atoms with van der Waals surface area (Å²) in [5, 5.41) is 8.41. The molecule has 0 saturated heterocycles. The van der Waals surface area contributed by atoms with Gasteiger partial charge < -0.3 is 0 Å². The molecule has 0 N–H and O–H groups in total. The molecule has 0 atom stereocenters. The van der Waals surface area contributed by atoms with Gasteiger partial charge in [-0.05, 0) is 15.9 Å². The first-order valence-corrected chi connectivity index (χ1v) is 4.98. The Bertz CT molecular complexity index is 464. The Morgan fingerprint density at radius 2 is 2.00 bits per heavy atom. The van der Waals surface area contributed by atoms with Gasteiger partial charge in [-0.3, -0.25) is 4.98 Å². The highest BCUT2D eigenvalue weighted by Gasteiger charge is 2.37. The minimum absolute atomic E-state index is 0.420. The second-order valence-electron chi connectivity index (χ2n) is 2.99. The predicted molar refractivity (Wildman–Crippen MR) is 51.2 cm³/mol. The van der Waals surface area contributed by atoms with E-state index in [9.17, 15) is 22.0 Å². The van der Waals surface area contributed by atoms with Crippen molar-refractivity contribution in [2.24, 2.45) is 0 Å². The predicted octanol–water partition coefficient (Wildman–Crippen LogP) is 3.87. The van der Waals surface area contributed by atoms with Crippen LogP contribution in [-0.4, -0.2) is 4.98 Å². The largest absolute Gasteiger partial charge is 0.433 e. The molecule has 0 spiro atoms. The van der Waals surface area contributed by atoms with Gasteiger partial charge in [0.2, 0.25) is 0 Å². The molecule has 17 heavy (non-hydrogen) atoms. The molecule has 0 amide bonds. The molecule has 1 aromatic rings.